The first kappa shape index (κ1) is 13.2. The predicted octanol–water partition coefficient (Wildman–Crippen LogP) is 3.45. The average molecular weight is 283 g/mol. The van der Waals surface area contributed by atoms with E-state index >= 15 is 0 Å². The van der Waals surface area contributed by atoms with Crippen molar-refractivity contribution in [3.05, 3.63) is 59.5 Å². The fourth-order valence-electron chi connectivity index (χ4n) is 2.29. The van der Waals surface area contributed by atoms with Crippen molar-refractivity contribution in [2.75, 3.05) is 11.1 Å². The molecule has 0 bridgehead atoms. The van der Waals surface area contributed by atoms with E-state index < -0.39 is 0 Å². The van der Waals surface area contributed by atoms with Gasteiger partial charge in [0.2, 0.25) is 0 Å². The number of H-pyrrole nitrogens is 1. The maximum absolute atomic E-state index is 13.1. The molecule has 0 saturated carbocycles. The van der Waals surface area contributed by atoms with Gasteiger partial charge in [-0.3, -0.25) is 4.79 Å². The van der Waals surface area contributed by atoms with E-state index in [1.165, 1.54) is 12.1 Å². The van der Waals surface area contributed by atoms with Crippen LogP contribution in [-0.4, -0.2) is 10.9 Å². The number of anilines is 2. The minimum absolute atomic E-state index is 0.249. The van der Waals surface area contributed by atoms with Gasteiger partial charge < -0.3 is 16.0 Å². The first-order chi connectivity index (χ1) is 10.0. The van der Waals surface area contributed by atoms with Gasteiger partial charge in [-0.25, -0.2) is 4.39 Å². The molecule has 0 fully saturated rings. The van der Waals surface area contributed by atoms with E-state index in [-0.39, 0.29) is 11.7 Å². The lowest BCUT2D eigenvalue weighted by atomic mass is 10.1. The molecule has 0 aliphatic rings. The van der Waals surface area contributed by atoms with Crippen molar-refractivity contribution in [1.82, 2.24) is 4.98 Å². The van der Waals surface area contributed by atoms with Gasteiger partial charge in [-0.1, -0.05) is 0 Å². The summed E-state index contributed by atoms with van der Waals surface area (Å²) < 4.78 is 13.1. The van der Waals surface area contributed by atoms with Crippen molar-refractivity contribution in [2.45, 2.75) is 6.92 Å². The Morgan fingerprint density at radius 2 is 2.05 bits per heavy atom. The quantitative estimate of drug-likeness (QED) is 0.630. The fraction of sp³-hybridized carbons (Fsp3) is 0.0625. The maximum Gasteiger partial charge on any atom is 0.257 e. The number of nitrogens with one attached hydrogen (secondary N) is 2. The van der Waals surface area contributed by atoms with Gasteiger partial charge >= 0.3 is 0 Å². The highest BCUT2D eigenvalue weighted by Crippen LogP contribution is 2.23. The Balaban J connectivity index is 1.94. The molecular formula is C16H14FN3O. The van der Waals surface area contributed by atoms with Crippen molar-refractivity contribution >= 4 is 28.2 Å². The minimum Gasteiger partial charge on any atom is -0.399 e. The van der Waals surface area contributed by atoms with Crippen LogP contribution in [0.25, 0.3) is 10.9 Å². The Hall–Kier alpha value is -2.82. The van der Waals surface area contributed by atoms with Crippen molar-refractivity contribution < 1.29 is 9.18 Å². The Kier molecular flexibility index (Phi) is 3.10. The van der Waals surface area contributed by atoms with Gasteiger partial charge in [-0.05, 0) is 48.9 Å². The van der Waals surface area contributed by atoms with Gasteiger partial charge in [-0.15, -0.1) is 0 Å². The van der Waals surface area contributed by atoms with Crippen molar-refractivity contribution in [3.8, 4) is 0 Å². The van der Waals surface area contributed by atoms with Crippen LogP contribution in [0.1, 0.15) is 15.9 Å². The monoisotopic (exact) mass is 283 g/mol. The number of aryl methyl sites for hydroxylation is 1. The fourth-order valence-corrected chi connectivity index (χ4v) is 2.29. The lowest BCUT2D eigenvalue weighted by Gasteiger charge is -2.07. The molecule has 0 atom stereocenters. The molecule has 0 spiro atoms. The van der Waals surface area contributed by atoms with Gasteiger partial charge in [0.15, 0.2) is 0 Å². The number of hydrogen-bond acceptors (Lipinski definition) is 2. The molecule has 0 aliphatic carbocycles. The summed E-state index contributed by atoms with van der Waals surface area (Å²) in [6, 6.07) is 9.57. The zero-order valence-corrected chi connectivity index (χ0v) is 11.4. The van der Waals surface area contributed by atoms with Crippen molar-refractivity contribution in [3.63, 3.8) is 0 Å². The molecule has 4 nitrogen and oxygen atoms in total. The Morgan fingerprint density at radius 3 is 2.81 bits per heavy atom. The summed E-state index contributed by atoms with van der Waals surface area (Å²) >= 11 is 0. The molecule has 0 radical (unpaired) electrons. The number of aromatic amines is 1. The van der Waals surface area contributed by atoms with E-state index in [1.54, 1.807) is 37.4 Å². The van der Waals surface area contributed by atoms with Crippen LogP contribution in [0.2, 0.25) is 0 Å². The van der Waals surface area contributed by atoms with Crippen LogP contribution >= 0.6 is 0 Å². The summed E-state index contributed by atoms with van der Waals surface area (Å²) in [7, 11) is 0. The summed E-state index contributed by atoms with van der Waals surface area (Å²) in [5.74, 6) is -0.575. The van der Waals surface area contributed by atoms with E-state index in [0.717, 1.165) is 10.9 Å². The highest BCUT2D eigenvalue weighted by atomic mass is 19.1. The molecular weight excluding hydrogens is 269 g/mol. The molecule has 1 amide bonds. The number of aromatic nitrogens is 1. The number of halogens is 1. The van der Waals surface area contributed by atoms with Crippen LogP contribution in [0.15, 0.2) is 42.6 Å². The third-order valence-electron chi connectivity index (χ3n) is 3.39. The Morgan fingerprint density at radius 1 is 1.24 bits per heavy atom. The van der Waals surface area contributed by atoms with Crippen LogP contribution in [0.3, 0.4) is 0 Å². The normalized spacial score (nSPS) is 10.8. The molecule has 5 heteroatoms. The molecule has 3 aromatic rings. The highest BCUT2D eigenvalue weighted by molar-refractivity contribution is 6.13. The number of fused-ring (bicyclic) bond motifs is 1. The molecule has 2 aromatic carbocycles. The third-order valence-corrected chi connectivity index (χ3v) is 3.39. The number of nitrogens with two attached hydrogens (primary N) is 1. The first-order valence-corrected chi connectivity index (χ1v) is 6.49. The number of nitrogen functional groups attached to an aromatic ring is 1. The number of rotatable bonds is 2. The van der Waals surface area contributed by atoms with E-state index in [0.29, 0.717) is 22.5 Å². The van der Waals surface area contributed by atoms with Crippen LogP contribution in [0.4, 0.5) is 15.8 Å². The summed E-state index contributed by atoms with van der Waals surface area (Å²) in [6.07, 6.45) is 1.64. The smallest absolute Gasteiger partial charge is 0.257 e. The van der Waals surface area contributed by atoms with E-state index in [2.05, 4.69) is 10.3 Å². The lowest BCUT2D eigenvalue weighted by molar-refractivity contribution is 0.102. The lowest BCUT2D eigenvalue weighted by Crippen LogP contribution is -2.12. The van der Waals surface area contributed by atoms with Crippen molar-refractivity contribution in [2.24, 2.45) is 0 Å². The maximum atomic E-state index is 13.1. The summed E-state index contributed by atoms with van der Waals surface area (Å²) in [4.78, 5) is 15.4. The number of hydrogen-bond donors (Lipinski definition) is 3. The summed E-state index contributed by atoms with van der Waals surface area (Å²) in [5.41, 5.74) is 8.93. The first-order valence-electron chi connectivity index (χ1n) is 6.49. The molecule has 4 N–H and O–H groups in total. The second-order valence-corrected chi connectivity index (χ2v) is 4.92. The molecule has 21 heavy (non-hydrogen) atoms. The van der Waals surface area contributed by atoms with Gasteiger partial charge in [-0.2, -0.15) is 0 Å². The van der Waals surface area contributed by atoms with Crippen LogP contribution < -0.4 is 11.1 Å². The molecule has 1 aromatic heterocycles. The SMILES string of the molecule is Cc1cc(F)ccc1NC(=O)c1c[nH]c2cc(N)ccc12. The Labute approximate surface area is 120 Å². The van der Waals surface area contributed by atoms with Gasteiger partial charge in [0.25, 0.3) is 5.91 Å². The standard InChI is InChI=1S/C16H14FN3O/c1-9-6-10(17)2-5-14(9)20-16(21)13-8-19-15-7-11(18)3-4-12(13)15/h2-8,19H,18H2,1H3,(H,20,21). The summed E-state index contributed by atoms with van der Waals surface area (Å²) in [5, 5.41) is 3.58. The molecule has 0 aliphatic heterocycles. The molecule has 1 heterocycles. The van der Waals surface area contributed by atoms with Gasteiger partial charge in [0, 0.05) is 28.5 Å². The van der Waals surface area contributed by atoms with Crippen LogP contribution in [0, 0.1) is 12.7 Å². The Bertz CT molecular complexity index is 839. The second kappa shape index (κ2) is 4.94. The number of carbonyl (C=O) groups is 1. The molecule has 0 saturated heterocycles. The number of carbonyl (C=O) groups excluding carboxylic acids is 1. The van der Waals surface area contributed by atoms with Crippen LogP contribution in [-0.2, 0) is 0 Å². The predicted molar refractivity (Wildman–Crippen MR) is 81.8 cm³/mol. The highest BCUT2D eigenvalue weighted by Gasteiger charge is 2.13. The van der Waals surface area contributed by atoms with Crippen molar-refractivity contribution in [1.29, 1.82) is 0 Å². The van der Waals surface area contributed by atoms with E-state index in [1.807, 2.05) is 0 Å². The number of benzene rings is 2. The second-order valence-electron chi connectivity index (χ2n) is 4.92. The molecule has 0 unspecified atom stereocenters. The zero-order chi connectivity index (χ0) is 15.0. The van der Waals surface area contributed by atoms with E-state index in [4.69, 9.17) is 5.73 Å². The average Bonchev–Trinajstić information content (AvgIpc) is 2.84. The van der Waals surface area contributed by atoms with Gasteiger partial charge in [0.1, 0.15) is 5.82 Å². The van der Waals surface area contributed by atoms with E-state index in [9.17, 15) is 9.18 Å². The molecule has 106 valence electrons. The largest absolute Gasteiger partial charge is 0.399 e. The zero-order valence-electron chi connectivity index (χ0n) is 11.4. The molecule has 3 rings (SSSR count). The van der Waals surface area contributed by atoms with Gasteiger partial charge in [0.05, 0.1) is 5.56 Å². The summed E-state index contributed by atoms with van der Waals surface area (Å²) in [6.45, 7) is 1.74. The number of amides is 1. The van der Waals surface area contributed by atoms with Crippen LogP contribution in [0.5, 0.6) is 0 Å². The minimum atomic E-state index is -0.326. The third kappa shape index (κ3) is 2.45. The topological polar surface area (TPSA) is 70.9 Å².